The molecule has 2 aromatic rings. The van der Waals surface area contributed by atoms with Crippen LogP contribution < -0.4 is 10.5 Å². The molecule has 0 unspecified atom stereocenters. The van der Waals surface area contributed by atoms with Crippen molar-refractivity contribution >= 4 is 27.0 Å². The molecule has 3 N–H and O–H groups in total. The van der Waals surface area contributed by atoms with Crippen LogP contribution in [0.4, 0.5) is 5.69 Å². The first kappa shape index (κ1) is 15.0. The number of sulfonamides is 1. The van der Waals surface area contributed by atoms with E-state index in [-0.39, 0.29) is 4.90 Å². The molecule has 0 amide bonds. The Bertz CT molecular complexity index is 707. The highest BCUT2D eigenvalue weighted by Crippen LogP contribution is 2.27. The van der Waals surface area contributed by atoms with Gasteiger partial charge in [-0.3, -0.25) is 0 Å². The summed E-state index contributed by atoms with van der Waals surface area (Å²) in [5, 5.41) is 2.53. The van der Waals surface area contributed by atoms with E-state index in [1.807, 2.05) is 5.38 Å². The van der Waals surface area contributed by atoms with Crippen LogP contribution in [0.2, 0.25) is 0 Å². The molecule has 0 saturated carbocycles. The first-order valence-electron chi connectivity index (χ1n) is 6.03. The first-order chi connectivity index (χ1) is 9.24. The van der Waals surface area contributed by atoms with Gasteiger partial charge in [0.2, 0.25) is 10.0 Å². The molecular formula is C13H17N3O2S2. The Hall–Kier alpha value is -1.44. The Kier molecular flexibility index (Phi) is 3.86. The quantitative estimate of drug-likeness (QED) is 0.848. The molecule has 0 bridgehead atoms. The number of hydrogen-bond donors (Lipinski definition) is 2. The van der Waals surface area contributed by atoms with Crippen molar-refractivity contribution in [3.05, 3.63) is 40.3 Å². The molecule has 108 valence electrons. The van der Waals surface area contributed by atoms with Crippen LogP contribution in [-0.4, -0.2) is 13.4 Å². The fourth-order valence-electron chi connectivity index (χ4n) is 1.89. The van der Waals surface area contributed by atoms with Gasteiger partial charge in [0.15, 0.2) is 0 Å². The molecule has 5 nitrogen and oxygen atoms in total. The molecule has 0 aliphatic rings. The molecule has 1 aromatic heterocycles. The highest BCUT2D eigenvalue weighted by atomic mass is 32.2. The lowest BCUT2D eigenvalue weighted by Crippen LogP contribution is -2.41. The van der Waals surface area contributed by atoms with Crippen LogP contribution in [-0.2, 0) is 15.6 Å². The van der Waals surface area contributed by atoms with Gasteiger partial charge in [0, 0.05) is 17.3 Å². The van der Waals surface area contributed by atoms with Crippen LogP contribution >= 0.6 is 11.3 Å². The molecule has 1 heterocycles. The van der Waals surface area contributed by atoms with Gasteiger partial charge in [0.25, 0.3) is 0 Å². The lowest BCUT2D eigenvalue weighted by molar-refractivity contribution is 0.469. The topological polar surface area (TPSA) is 85.1 Å². The molecule has 0 radical (unpaired) electrons. The number of nitrogens with two attached hydrogens (primary N) is 1. The Labute approximate surface area is 122 Å². The van der Waals surface area contributed by atoms with Gasteiger partial charge in [0.1, 0.15) is 5.01 Å². The Morgan fingerprint density at radius 3 is 2.65 bits per heavy atom. The van der Waals surface area contributed by atoms with E-state index >= 15 is 0 Å². The van der Waals surface area contributed by atoms with Gasteiger partial charge in [-0.25, -0.2) is 13.4 Å². The van der Waals surface area contributed by atoms with Gasteiger partial charge in [0.05, 0.1) is 10.4 Å². The van der Waals surface area contributed by atoms with Crippen molar-refractivity contribution in [2.75, 3.05) is 5.73 Å². The number of thiazole rings is 1. The van der Waals surface area contributed by atoms with Gasteiger partial charge in [-0.1, -0.05) is 6.07 Å². The zero-order valence-corrected chi connectivity index (χ0v) is 13.2. The third kappa shape index (κ3) is 2.84. The van der Waals surface area contributed by atoms with Crippen LogP contribution in [0.25, 0.3) is 0 Å². The minimum absolute atomic E-state index is 0.196. The predicted octanol–water partition coefficient (Wildman–Crippen LogP) is 2.25. The van der Waals surface area contributed by atoms with Crippen LogP contribution in [0.3, 0.4) is 0 Å². The van der Waals surface area contributed by atoms with E-state index in [1.54, 1.807) is 45.2 Å². The molecule has 1 aromatic carbocycles. The van der Waals surface area contributed by atoms with Crippen LogP contribution in [0.5, 0.6) is 0 Å². The van der Waals surface area contributed by atoms with Crippen molar-refractivity contribution in [3.8, 4) is 0 Å². The summed E-state index contributed by atoms with van der Waals surface area (Å²) in [5.41, 5.74) is 6.01. The fraction of sp³-hybridized carbons (Fsp3) is 0.308. The maximum absolute atomic E-state index is 12.5. The van der Waals surface area contributed by atoms with Gasteiger partial charge >= 0.3 is 0 Å². The highest BCUT2D eigenvalue weighted by Gasteiger charge is 2.30. The largest absolute Gasteiger partial charge is 0.398 e. The lowest BCUT2D eigenvalue weighted by atomic mass is 10.1. The molecule has 0 aliphatic carbocycles. The average Bonchev–Trinajstić information content (AvgIpc) is 2.85. The summed E-state index contributed by atoms with van der Waals surface area (Å²) in [4.78, 5) is 4.37. The van der Waals surface area contributed by atoms with Gasteiger partial charge in [-0.2, -0.15) is 4.72 Å². The Morgan fingerprint density at radius 1 is 1.35 bits per heavy atom. The van der Waals surface area contributed by atoms with E-state index in [1.165, 1.54) is 11.3 Å². The molecule has 20 heavy (non-hydrogen) atoms. The van der Waals surface area contributed by atoms with Crippen LogP contribution in [0.15, 0.2) is 34.7 Å². The van der Waals surface area contributed by atoms with Gasteiger partial charge < -0.3 is 5.73 Å². The number of benzene rings is 1. The standard InChI is InChI=1S/C13H17N3O2S2/c1-9-10(14)5-4-6-11(9)20(17,18)16-13(2,3)12-15-7-8-19-12/h4-8,16H,14H2,1-3H3. The van der Waals surface area contributed by atoms with Crippen LogP contribution in [0, 0.1) is 6.92 Å². The van der Waals surface area contributed by atoms with Crippen molar-refractivity contribution in [2.24, 2.45) is 0 Å². The molecule has 7 heteroatoms. The van der Waals surface area contributed by atoms with Crippen LogP contribution in [0.1, 0.15) is 24.4 Å². The first-order valence-corrected chi connectivity index (χ1v) is 8.39. The maximum atomic E-state index is 12.5. The van der Waals surface area contributed by atoms with Gasteiger partial charge in [-0.15, -0.1) is 11.3 Å². The minimum atomic E-state index is -3.66. The second kappa shape index (κ2) is 5.16. The zero-order valence-electron chi connectivity index (χ0n) is 11.5. The average molecular weight is 311 g/mol. The summed E-state index contributed by atoms with van der Waals surface area (Å²) >= 11 is 1.41. The van der Waals surface area contributed by atoms with E-state index in [0.717, 1.165) is 0 Å². The normalized spacial score (nSPS) is 12.6. The molecule has 2 rings (SSSR count). The summed E-state index contributed by atoms with van der Waals surface area (Å²) in [6.07, 6.45) is 1.65. The minimum Gasteiger partial charge on any atom is -0.398 e. The molecule has 0 atom stereocenters. The summed E-state index contributed by atoms with van der Waals surface area (Å²) < 4.78 is 27.7. The molecule has 0 fully saturated rings. The third-order valence-electron chi connectivity index (χ3n) is 2.97. The summed E-state index contributed by atoms with van der Waals surface area (Å²) in [7, 11) is -3.66. The molecule has 0 aliphatic heterocycles. The summed E-state index contributed by atoms with van der Waals surface area (Å²) in [5.74, 6) is 0. The maximum Gasteiger partial charge on any atom is 0.241 e. The third-order valence-corrected chi connectivity index (χ3v) is 5.87. The number of rotatable bonds is 4. The monoisotopic (exact) mass is 311 g/mol. The predicted molar refractivity (Wildman–Crippen MR) is 81.1 cm³/mol. The van der Waals surface area contributed by atoms with Crippen molar-refractivity contribution in [1.82, 2.24) is 9.71 Å². The molecule has 0 saturated heterocycles. The van der Waals surface area contributed by atoms with Crippen molar-refractivity contribution in [3.63, 3.8) is 0 Å². The molecular weight excluding hydrogens is 294 g/mol. The number of anilines is 1. The van der Waals surface area contributed by atoms with E-state index in [4.69, 9.17) is 5.73 Å². The Balaban J connectivity index is 2.40. The summed E-state index contributed by atoms with van der Waals surface area (Å²) in [6, 6.07) is 4.86. The molecule has 0 spiro atoms. The second-order valence-electron chi connectivity index (χ2n) is 5.04. The SMILES string of the molecule is Cc1c(N)cccc1S(=O)(=O)NC(C)(C)c1nccs1. The summed E-state index contributed by atoms with van der Waals surface area (Å²) in [6.45, 7) is 5.26. The fourth-order valence-corrected chi connectivity index (χ4v) is 4.33. The zero-order chi connectivity index (χ0) is 15.0. The number of nitrogen functional groups attached to an aromatic ring is 1. The second-order valence-corrected chi connectivity index (χ2v) is 7.58. The van der Waals surface area contributed by atoms with Crippen molar-refractivity contribution in [2.45, 2.75) is 31.2 Å². The van der Waals surface area contributed by atoms with E-state index in [2.05, 4.69) is 9.71 Å². The number of aromatic nitrogens is 1. The number of hydrogen-bond acceptors (Lipinski definition) is 5. The lowest BCUT2D eigenvalue weighted by Gasteiger charge is -2.24. The van der Waals surface area contributed by atoms with Crippen molar-refractivity contribution < 1.29 is 8.42 Å². The highest BCUT2D eigenvalue weighted by molar-refractivity contribution is 7.89. The van der Waals surface area contributed by atoms with Crippen molar-refractivity contribution in [1.29, 1.82) is 0 Å². The number of nitrogens with zero attached hydrogens (tertiary/aromatic N) is 1. The number of nitrogens with one attached hydrogen (secondary N) is 1. The van der Waals surface area contributed by atoms with E-state index in [0.29, 0.717) is 16.3 Å². The van der Waals surface area contributed by atoms with Gasteiger partial charge in [-0.05, 0) is 38.5 Å². The Morgan fingerprint density at radius 2 is 2.05 bits per heavy atom. The smallest absolute Gasteiger partial charge is 0.241 e. The van der Waals surface area contributed by atoms with E-state index in [9.17, 15) is 8.42 Å². The van der Waals surface area contributed by atoms with E-state index < -0.39 is 15.6 Å².